The third-order valence-electron chi connectivity index (χ3n) is 2.61. The molecule has 1 rings (SSSR count). The molecule has 0 saturated carbocycles. The summed E-state index contributed by atoms with van der Waals surface area (Å²) in [6.45, 7) is 4.93. The number of carboxylic acid groups (broad SMARTS) is 1. The molecule has 8 heteroatoms. The summed E-state index contributed by atoms with van der Waals surface area (Å²) in [4.78, 5) is 22.0. The number of amides is 1. The summed E-state index contributed by atoms with van der Waals surface area (Å²) in [6, 6.07) is 6.37. The number of carboxylic acids is 1. The number of rotatable bonds is 9. The second-order valence-corrected chi connectivity index (χ2v) is 7.27. The molecule has 0 unspecified atom stereocenters. The predicted molar refractivity (Wildman–Crippen MR) is 86.9 cm³/mol. The van der Waals surface area contributed by atoms with Crippen LogP contribution in [-0.2, 0) is 18.7 Å². The van der Waals surface area contributed by atoms with Gasteiger partial charge in [-0.3, -0.25) is 14.1 Å². The SMILES string of the molecule is CC(C)O[P@](C)(=O)Oc1ccc(NC(=O)CCCC(=O)O)cc1. The molecule has 1 amide bonds. The monoisotopic (exact) mass is 343 g/mol. The molecular weight excluding hydrogens is 321 g/mol. The summed E-state index contributed by atoms with van der Waals surface area (Å²) in [5.41, 5.74) is 0.549. The van der Waals surface area contributed by atoms with E-state index in [1.54, 1.807) is 38.1 Å². The van der Waals surface area contributed by atoms with Gasteiger partial charge in [0.1, 0.15) is 5.75 Å². The van der Waals surface area contributed by atoms with E-state index in [1.165, 1.54) is 6.66 Å². The van der Waals surface area contributed by atoms with Crippen LogP contribution >= 0.6 is 7.60 Å². The van der Waals surface area contributed by atoms with Crippen molar-refractivity contribution in [2.24, 2.45) is 0 Å². The van der Waals surface area contributed by atoms with Crippen LogP contribution in [0.2, 0.25) is 0 Å². The summed E-state index contributed by atoms with van der Waals surface area (Å²) in [5, 5.41) is 11.2. The third-order valence-corrected chi connectivity index (χ3v) is 3.95. The Morgan fingerprint density at radius 2 is 1.83 bits per heavy atom. The Bertz CT molecular complexity index is 584. The van der Waals surface area contributed by atoms with Gasteiger partial charge in [-0.15, -0.1) is 0 Å². The van der Waals surface area contributed by atoms with Gasteiger partial charge in [0.25, 0.3) is 0 Å². The molecule has 1 aromatic rings. The Balaban J connectivity index is 2.51. The molecule has 1 aromatic carbocycles. The summed E-state index contributed by atoms with van der Waals surface area (Å²) < 4.78 is 22.6. The Hall–Kier alpha value is -1.85. The highest BCUT2D eigenvalue weighted by atomic mass is 31.2. The van der Waals surface area contributed by atoms with Gasteiger partial charge in [0.05, 0.1) is 6.10 Å². The van der Waals surface area contributed by atoms with E-state index in [0.717, 1.165) is 0 Å². The average Bonchev–Trinajstić information content (AvgIpc) is 2.38. The van der Waals surface area contributed by atoms with Gasteiger partial charge >= 0.3 is 13.6 Å². The standard InChI is InChI=1S/C15H22NO6P/c1-11(2)21-23(3,20)22-13-9-7-12(8-10-13)16-14(17)5-4-6-15(18)19/h7-11H,4-6H2,1-3H3,(H,16,17)(H,18,19)/t23-/m0/s1. The van der Waals surface area contributed by atoms with E-state index < -0.39 is 13.6 Å². The second-order valence-electron chi connectivity index (χ2n) is 5.34. The third kappa shape index (κ3) is 8.38. The van der Waals surface area contributed by atoms with E-state index in [9.17, 15) is 14.2 Å². The molecular formula is C15H22NO6P. The molecule has 0 bridgehead atoms. The van der Waals surface area contributed by atoms with Crippen LogP contribution in [0.1, 0.15) is 33.1 Å². The minimum Gasteiger partial charge on any atom is -0.481 e. The van der Waals surface area contributed by atoms with E-state index in [0.29, 0.717) is 11.4 Å². The number of carbonyl (C=O) groups excluding carboxylic acids is 1. The molecule has 0 heterocycles. The highest BCUT2D eigenvalue weighted by Gasteiger charge is 2.20. The van der Waals surface area contributed by atoms with Crippen molar-refractivity contribution in [2.75, 3.05) is 12.0 Å². The minimum atomic E-state index is -3.18. The number of hydrogen-bond donors (Lipinski definition) is 2. The summed E-state index contributed by atoms with van der Waals surface area (Å²) in [5.74, 6) is -0.809. The van der Waals surface area contributed by atoms with Crippen LogP contribution < -0.4 is 9.84 Å². The van der Waals surface area contributed by atoms with Crippen LogP contribution in [0.4, 0.5) is 5.69 Å². The molecule has 1 atom stereocenters. The minimum absolute atomic E-state index is 0.0398. The van der Waals surface area contributed by atoms with Crippen LogP contribution in [0.3, 0.4) is 0 Å². The fourth-order valence-corrected chi connectivity index (χ4v) is 3.13. The van der Waals surface area contributed by atoms with Crippen molar-refractivity contribution < 1.29 is 28.3 Å². The van der Waals surface area contributed by atoms with Crippen molar-refractivity contribution in [1.82, 2.24) is 0 Å². The molecule has 0 aliphatic carbocycles. The molecule has 0 radical (unpaired) electrons. The van der Waals surface area contributed by atoms with Crippen LogP contribution in [0.25, 0.3) is 0 Å². The molecule has 2 N–H and O–H groups in total. The topological polar surface area (TPSA) is 102 Å². The summed E-state index contributed by atoms with van der Waals surface area (Å²) in [6.07, 6.45) is 0.169. The number of nitrogens with one attached hydrogen (secondary N) is 1. The van der Waals surface area contributed by atoms with Crippen molar-refractivity contribution in [3.05, 3.63) is 24.3 Å². The molecule has 0 aliphatic rings. The Morgan fingerprint density at radius 3 is 2.35 bits per heavy atom. The van der Waals surface area contributed by atoms with Crippen LogP contribution in [0, 0.1) is 0 Å². The zero-order chi connectivity index (χ0) is 17.5. The van der Waals surface area contributed by atoms with Gasteiger partial charge in [-0.25, -0.2) is 4.57 Å². The summed E-state index contributed by atoms with van der Waals surface area (Å²) >= 11 is 0. The molecule has 7 nitrogen and oxygen atoms in total. The summed E-state index contributed by atoms with van der Waals surface area (Å²) in [7, 11) is -3.18. The van der Waals surface area contributed by atoms with Crippen LogP contribution in [0.15, 0.2) is 24.3 Å². The van der Waals surface area contributed by atoms with Crippen molar-refractivity contribution in [3.8, 4) is 5.75 Å². The maximum Gasteiger partial charge on any atom is 0.376 e. The zero-order valence-electron chi connectivity index (χ0n) is 13.4. The van der Waals surface area contributed by atoms with Crippen LogP contribution in [0.5, 0.6) is 5.75 Å². The maximum atomic E-state index is 12.1. The second kappa shape index (κ2) is 8.70. The van der Waals surface area contributed by atoms with Gasteiger partial charge in [0, 0.05) is 25.2 Å². The molecule has 0 aliphatic heterocycles. The van der Waals surface area contributed by atoms with Gasteiger partial charge in [0.15, 0.2) is 0 Å². The number of anilines is 1. The van der Waals surface area contributed by atoms with Crippen molar-refractivity contribution in [1.29, 1.82) is 0 Å². The number of carbonyl (C=O) groups is 2. The Labute approximate surface area is 135 Å². The van der Waals surface area contributed by atoms with Crippen LogP contribution in [-0.4, -0.2) is 29.8 Å². The molecule has 0 aromatic heterocycles. The highest BCUT2D eigenvalue weighted by Crippen LogP contribution is 2.45. The van der Waals surface area contributed by atoms with Crippen molar-refractivity contribution in [2.45, 2.75) is 39.2 Å². The Kier molecular flexibility index (Phi) is 7.26. The van der Waals surface area contributed by atoms with Gasteiger partial charge < -0.3 is 14.9 Å². The maximum absolute atomic E-state index is 12.1. The fourth-order valence-electron chi connectivity index (χ4n) is 1.82. The largest absolute Gasteiger partial charge is 0.481 e. The van der Waals surface area contributed by atoms with E-state index >= 15 is 0 Å². The molecule has 128 valence electrons. The number of aliphatic carboxylic acids is 1. The Morgan fingerprint density at radius 1 is 1.22 bits per heavy atom. The predicted octanol–water partition coefficient (Wildman–Crippen LogP) is 3.51. The highest BCUT2D eigenvalue weighted by molar-refractivity contribution is 7.53. The van der Waals surface area contributed by atoms with Gasteiger partial charge in [-0.05, 0) is 44.5 Å². The molecule has 0 fully saturated rings. The molecule has 0 saturated heterocycles. The van der Waals surface area contributed by atoms with E-state index in [1.807, 2.05) is 0 Å². The lowest BCUT2D eigenvalue weighted by atomic mass is 10.2. The molecule has 23 heavy (non-hydrogen) atoms. The average molecular weight is 343 g/mol. The van der Waals surface area contributed by atoms with E-state index in [4.69, 9.17) is 14.2 Å². The van der Waals surface area contributed by atoms with Gasteiger partial charge in [0.2, 0.25) is 5.91 Å². The van der Waals surface area contributed by atoms with Crippen molar-refractivity contribution in [3.63, 3.8) is 0 Å². The lowest BCUT2D eigenvalue weighted by Crippen LogP contribution is -2.11. The first-order chi connectivity index (χ1) is 10.7. The van der Waals surface area contributed by atoms with Crippen molar-refractivity contribution >= 4 is 25.2 Å². The lowest BCUT2D eigenvalue weighted by molar-refractivity contribution is -0.137. The van der Waals surface area contributed by atoms with E-state index in [-0.39, 0.29) is 31.3 Å². The lowest BCUT2D eigenvalue weighted by Gasteiger charge is -2.17. The number of hydrogen-bond acceptors (Lipinski definition) is 5. The zero-order valence-corrected chi connectivity index (χ0v) is 14.3. The number of benzene rings is 1. The first kappa shape index (κ1) is 19.2. The first-order valence-corrected chi connectivity index (χ1v) is 9.24. The molecule has 0 spiro atoms. The van der Waals surface area contributed by atoms with Gasteiger partial charge in [-0.2, -0.15) is 0 Å². The van der Waals surface area contributed by atoms with Gasteiger partial charge in [-0.1, -0.05) is 0 Å². The first-order valence-electron chi connectivity index (χ1n) is 7.25. The fraction of sp³-hybridized carbons (Fsp3) is 0.467. The smallest absolute Gasteiger partial charge is 0.376 e. The normalized spacial score (nSPS) is 13.4. The quantitative estimate of drug-likeness (QED) is 0.665. The van der Waals surface area contributed by atoms with E-state index in [2.05, 4.69) is 5.32 Å².